The van der Waals surface area contributed by atoms with Crippen molar-refractivity contribution in [2.24, 2.45) is 11.1 Å². The second kappa shape index (κ2) is 28.7. The van der Waals surface area contributed by atoms with Crippen LogP contribution in [-0.4, -0.2) is 146 Å². The Morgan fingerprint density at radius 3 is 1.97 bits per heavy atom. The molecule has 10 amide bonds. The number of aromatic nitrogens is 1. The van der Waals surface area contributed by atoms with Crippen molar-refractivity contribution in [2.75, 3.05) is 19.7 Å². The average molecular weight is 1110 g/mol. The minimum atomic E-state index is -1.93. The molecule has 1 aliphatic heterocycles. The van der Waals surface area contributed by atoms with Gasteiger partial charge in [0, 0.05) is 75.3 Å². The molecule has 0 aliphatic carbocycles. The highest BCUT2D eigenvalue weighted by atomic mass is 19.1. The number of aliphatic hydroxyl groups excluding tert-OH is 1. The number of nitrogens with two attached hydrogens (primary N) is 1. The number of carbonyl (C=O) groups is 12. The monoisotopic (exact) mass is 1110 g/mol. The molecule has 0 saturated carbocycles. The van der Waals surface area contributed by atoms with E-state index in [1.807, 2.05) is 0 Å². The molecule has 6 atom stereocenters. The van der Waals surface area contributed by atoms with Crippen LogP contribution in [0.25, 0.3) is 11.1 Å². The highest BCUT2D eigenvalue weighted by Gasteiger charge is 2.39. The van der Waals surface area contributed by atoms with E-state index in [-0.39, 0.29) is 36.9 Å². The van der Waals surface area contributed by atoms with E-state index in [4.69, 9.17) is 10.6 Å². The van der Waals surface area contributed by atoms with Crippen molar-refractivity contribution in [2.45, 2.75) is 129 Å². The maximum Gasteiger partial charge on any atom is 0.333 e. The Morgan fingerprint density at radius 1 is 0.785 bits per heavy atom. The number of benzene rings is 2. The molecule has 1 aromatic heterocycles. The summed E-state index contributed by atoms with van der Waals surface area (Å²) in [5.41, 5.74) is 5.66. The summed E-state index contributed by atoms with van der Waals surface area (Å²) < 4.78 is 31.7. The number of aliphatic carboxylic acids is 1. The lowest BCUT2D eigenvalue weighted by Gasteiger charge is -2.41. The van der Waals surface area contributed by atoms with Crippen LogP contribution < -0.4 is 37.6 Å². The molecule has 25 nitrogen and oxygen atoms in total. The number of imide groups is 1. The number of aliphatic hydroxyl groups is 1. The van der Waals surface area contributed by atoms with Crippen molar-refractivity contribution < 1.29 is 81.4 Å². The Kier molecular flexibility index (Phi) is 22.8. The third kappa shape index (κ3) is 18.8. The Balaban J connectivity index is 1.69. The number of amides is 10. The van der Waals surface area contributed by atoms with Gasteiger partial charge in [-0.15, -0.1) is 5.06 Å². The molecule has 3 aromatic rings. The summed E-state index contributed by atoms with van der Waals surface area (Å²) in [5, 5.41) is 34.9. The number of carbonyl (C=O) groups excluding carboxylic acids is 11. The molecule has 2 heterocycles. The molecule has 0 spiro atoms. The number of hydroxylamine groups is 2. The molecule has 1 saturated heterocycles. The first-order valence-electron chi connectivity index (χ1n) is 25.0. The topological polar surface area (TPSA) is 364 Å². The Bertz CT molecular complexity index is 2770. The van der Waals surface area contributed by atoms with E-state index in [9.17, 15) is 72.1 Å². The van der Waals surface area contributed by atoms with Gasteiger partial charge in [0.1, 0.15) is 48.5 Å². The summed E-state index contributed by atoms with van der Waals surface area (Å²) in [6.45, 7) is 6.64. The van der Waals surface area contributed by atoms with E-state index in [1.54, 1.807) is 61.9 Å². The smallest absolute Gasteiger partial charge is 0.333 e. The van der Waals surface area contributed by atoms with E-state index in [0.717, 1.165) is 30.7 Å². The van der Waals surface area contributed by atoms with Crippen LogP contribution >= 0.6 is 0 Å². The molecule has 0 bridgehead atoms. The Hall–Kier alpha value is -8.62. The van der Waals surface area contributed by atoms with Crippen LogP contribution in [0.1, 0.15) is 104 Å². The SMILES string of the molecule is CC(=O)NC(C)C(=O)NC(C)C(=O)NC(CC(N)=O)C(=O)NC(CCN(C(=O)CO)C(c1cc(-c2cc(F)ccc2F)cn1Cc1ccccc1)C(C)(C)C)C(=O)NC(CNC(=O)CCCC(=O)ON1C(=O)CCC1=O)C(=O)O. The maximum atomic E-state index is 15.4. The zero-order valence-corrected chi connectivity index (χ0v) is 44.4. The van der Waals surface area contributed by atoms with Gasteiger partial charge in [-0.1, -0.05) is 51.1 Å². The van der Waals surface area contributed by atoms with E-state index >= 15 is 4.39 Å². The quantitative estimate of drug-likeness (QED) is 0.0436. The van der Waals surface area contributed by atoms with Crippen molar-refractivity contribution in [3.05, 3.63) is 83.7 Å². The number of nitrogens with zero attached hydrogens (tertiary/aromatic N) is 3. The predicted octanol–water partition coefficient (Wildman–Crippen LogP) is 0.117. The second-order valence-corrected chi connectivity index (χ2v) is 19.7. The molecular weight excluding hydrogens is 1040 g/mol. The van der Waals surface area contributed by atoms with E-state index in [1.165, 1.54) is 24.8 Å². The van der Waals surface area contributed by atoms with Crippen LogP contribution in [0.2, 0.25) is 0 Å². The fourth-order valence-corrected chi connectivity index (χ4v) is 8.37. The minimum Gasteiger partial charge on any atom is -0.480 e. The summed E-state index contributed by atoms with van der Waals surface area (Å²) in [6, 6.07) is 4.13. The lowest BCUT2D eigenvalue weighted by molar-refractivity contribution is -0.197. The van der Waals surface area contributed by atoms with Crippen molar-refractivity contribution in [3.63, 3.8) is 0 Å². The Labute approximate surface area is 452 Å². The van der Waals surface area contributed by atoms with Gasteiger partial charge in [-0.25, -0.2) is 18.4 Å². The average Bonchev–Trinajstić information content (AvgIpc) is 3.97. The number of primary amides is 1. The molecular formula is C52H66F2N10O15. The first kappa shape index (κ1) is 62.9. The fourth-order valence-electron chi connectivity index (χ4n) is 8.37. The standard InChI is InChI=1S/C52H66F2N10O15/c1-28(57-30(3)66)47(73)58-29(2)48(74)60-37(23-40(55)67)50(76)59-36(49(75)61-38(51(77)78)24-56-41(68)13-10-14-45(72)79-64-42(69)17-18-43(64)70)19-20-63(44(71)27-65)46(52(4,5)6)39-21-32(34-22-33(53)15-16-35(34)54)26-62(39)25-31-11-8-7-9-12-31/h7-9,11-12,15-16,21-22,26,28-29,36-38,46,65H,10,13-14,17-20,23-25,27H2,1-6H3,(H2,55,67)(H,56,68)(H,57,66)(H,58,73)(H,59,76)(H,60,74)(H,61,75)(H,77,78). The van der Waals surface area contributed by atoms with Gasteiger partial charge in [-0.05, 0) is 61.9 Å². The summed E-state index contributed by atoms with van der Waals surface area (Å²) in [6.07, 6.45) is -1.22. The molecule has 79 heavy (non-hydrogen) atoms. The first-order valence-corrected chi connectivity index (χ1v) is 25.0. The van der Waals surface area contributed by atoms with Crippen molar-refractivity contribution >= 4 is 71.0 Å². The zero-order chi connectivity index (χ0) is 58.9. The van der Waals surface area contributed by atoms with Crippen LogP contribution in [0, 0.1) is 17.0 Å². The van der Waals surface area contributed by atoms with Crippen LogP contribution in [0.4, 0.5) is 8.78 Å². The second-order valence-electron chi connectivity index (χ2n) is 19.7. The molecule has 1 fully saturated rings. The number of carboxylic acid groups (broad SMARTS) is 1. The van der Waals surface area contributed by atoms with Gasteiger partial charge < -0.3 is 62.2 Å². The van der Waals surface area contributed by atoms with Gasteiger partial charge in [0.05, 0.1) is 12.5 Å². The summed E-state index contributed by atoms with van der Waals surface area (Å²) >= 11 is 0. The summed E-state index contributed by atoms with van der Waals surface area (Å²) in [7, 11) is 0. The zero-order valence-electron chi connectivity index (χ0n) is 44.4. The van der Waals surface area contributed by atoms with E-state index in [2.05, 4.69) is 31.9 Å². The molecule has 2 aromatic carbocycles. The number of hydrogen-bond acceptors (Lipinski definition) is 14. The number of halogens is 2. The van der Waals surface area contributed by atoms with E-state index in [0.29, 0.717) is 10.8 Å². The molecule has 6 unspecified atom stereocenters. The third-order valence-corrected chi connectivity index (χ3v) is 12.2. The number of carboxylic acids is 1. The summed E-state index contributed by atoms with van der Waals surface area (Å²) in [4.78, 5) is 160. The number of rotatable bonds is 28. The van der Waals surface area contributed by atoms with Gasteiger partial charge in [-0.2, -0.15) is 0 Å². The summed E-state index contributed by atoms with van der Waals surface area (Å²) in [5.74, 6) is -13.4. The van der Waals surface area contributed by atoms with Crippen molar-refractivity contribution in [1.29, 1.82) is 0 Å². The number of hydrogen-bond donors (Lipinski definition) is 9. The van der Waals surface area contributed by atoms with Gasteiger partial charge >= 0.3 is 11.9 Å². The lowest BCUT2D eigenvalue weighted by Crippen LogP contribution is -2.60. The molecule has 4 rings (SSSR count). The molecule has 10 N–H and O–H groups in total. The maximum absolute atomic E-state index is 15.4. The number of nitrogens with one attached hydrogen (secondary N) is 6. The van der Waals surface area contributed by atoms with Crippen LogP contribution in [-0.2, 0) is 68.9 Å². The normalized spacial score (nSPS) is 14.6. The largest absolute Gasteiger partial charge is 0.480 e. The third-order valence-electron chi connectivity index (χ3n) is 12.2. The fraction of sp³-hybridized carbons (Fsp3) is 0.462. The molecule has 1 aliphatic rings. The minimum absolute atomic E-state index is 0.117. The van der Waals surface area contributed by atoms with Gasteiger partial charge in [0.25, 0.3) is 11.8 Å². The van der Waals surface area contributed by atoms with Gasteiger partial charge in [0.15, 0.2) is 0 Å². The van der Waals surface area contributed by atoms with Crippen LogP contribution in [0.3, 0.4) is 0 Å². The van der Waals surface area contributed by atoms with E-state index < -0.39 is 170 Å². The molecule has 27 heteroatoms. The highest BCUT2D eigenvalue weighted by molar-refractivity contribution is 6.02. The van der Waals surface area contributed by atoms with Crippen LogP contribution in [0.15, 0.2) is 60.8 Å². The highest BCUT2D eigenvalue weighted by Crippen LogP contribution is 2.41. The first-order chi connectivity index (χ1) is 37.1. The van der Waals surface area contributed by atoms with Crippen molar-refractivity contribution in [3.8, 4) is 11.1 Å². The van der Waals surface area contributed by atoms with Gasteiger partial charge in [-0.3, -0.25) is 47.9 Å². The van der Waals surface area contributed by atoms with Crippen molar-refractivity contribution in [1.82, 2.24) is 46.4 Å². The molecule has 428 valence electrons. The lowest BCUT2D eigenvalue weighted by atomic mass is 9.82. The predicted molar refractivity (Wildman–Crippen MR) is 273 cm³/mol. The Morgan fingerprint density at radius 2 is 1.38 bits per heavy atom. The van der Waals surface area contributed by atoms with Crippen LogP contribution in [0.5, 0.6) is 0 Å². The molecule has 0 radical (unpaired) electrons. The van der Waals surface area contributed by atoms with Gasteiger partial charge in [0.2, 0.25) is 47.3 Å².